The van der Waals surface area contributed by atoms with Gasteiger partial charge in [-0.1, -0.05) is 17.7 Å². The van der Waals surface area contributed by atoms with Gasteiger partial charge in [-0.25, -0.2) is 0 Å². The highest BCUT2D eigenvalue weighted by Crippen LogP contribution is 2.29. The zero-order valence-corrected chi connectivity index (χ0v) is 12.6. The van der Waals surface area contributed by atoms with Crippen molar-refractivity contribution in [1.29, 1.82) is 0 Å². The summed E-state index contributed by atoms with van der Waals surface area (Å²) in [6.45, 7) is 0.579. The maximum Gasteiger partial charge on any atom is 0.125 e. The highest BCUT2D eigenvalue weighted by Gasteiger charge is 2.09. The predicted molar refractivity (Wildman–Crippen MR) is 83.9 cm³/mol. The van der Waals surface area contributed by atoms with Crippen molar-refractivity contribution in [3.05, 3.63) is 47.2 Å². The Morgan fingerprint density at radius 3 is 2.80 bits per heavy atom. The molecule has 0 saturated carbocycles. The summed E-state index contributed by atoms with van der Waals surface area (Å²) < 4.78 is 5.34. The summed E-state index contributed by atoms with van der Waals surface area (Å²) in [6, 6.07) is 7.60. The first-order chi connectivity index (χ1) is 9.63. The zero-order chi connectivity index (χ0) is 14.5. The Kier molecular flexibility index (Phi) is 4.69. The van der Waals surface area contributed by atoms with E-state index in [1.54, 1.807) is 19.5 Å². The van der Waals surface area contributed by atoms with Crippen LogP contribution in [0.15, 0.2) is 36.7 Å². The number of pyridine rings is 1. The molecule has 0 aliphatic heterocycles. The van der Waals surface area contributed by atoms with Crippen LogP contribution in [-0.2, 0) is 6.54 Å². The van der Waals surface area contributed by atoms with E-state index >= 15 is 0 Å². The summed E-state index contributed by atoms with van der Waals surface area (Å²) in [5, 5.41) is 4.04. The molecular weight excluding hydrogens is 274 g/mol. The van der Waals surface area contributed by atoms with E-state index in [4.69, 9.17) is 16.3 Å². The van der Waals surface area contributed by atoms with Gasteiger partial charge in [0, 0.05) is 37.4 Å². The molecule has 0 amide bonds. The Balaban J connectivity index is 2.21. The number of rotatable bonds is 5. The standard InChI is InChI=1S/C15H18ClN3O/c1-19(2)14-7-8-17-10-13(14)18-9-11-12(16)5-4-6-15(11)20-3/h4-8,10,18H,9H2,1-3H3. The second-order valence-corrected chi connectivity index (χ2v) is 4.97. The van der Waals surface area contributed by atoms with Crippen molar-refractivity contribution in [3.63, 3.8) is 0 Å². The number of hydrogen-bond donors (Lipinski definition) is 1. The van der Waals surface area contributed by atoms with Gasteiger partial charge in [0.1, 0.15) is 5.75 Å². The third-order valence-electron chi connectivity index (χ3n) is 3.03. The maximum absolute atomic E-state index is 6.23. The number of halogens is 1. The molecule has 1 aromatic heterocycles. The van der Waals surface area contributed by atoms with Crippen LogP contribution in [0.4, 0.5) is 11.4 Å². The van der Waals surface area contributed by atoms with Gasteiger partial charge >= 0.3 is 0 Å². The smallest absolute Gasteiger partial charge is 0.125 e. The van der Waals surface area contributed by atoms with Gasteiger partial charge in [0.25, 0.3) is 0 Å². The average Bonchev–Trinajstić information content (AvgIpc) is 2.46. The monoisotopic (exact) mass is 291 g/mol. The summed E-state index contributed by atoms with van der Waals surface area (Å²) in [5.41, 5.74) is 2.97. The van der Waals surface area contributed by atoms with Gasteiger partial charge in [0.15, 0.2) is 0 Å². The summed E-state index contributed by atoms with van der Waals surface area (Å²) in [5.74, 6) is 0.778. The van der Waals surface area contributed by atoms with Gasteiger partial charge in [0.05, 0.1) is 24.7 Å². The lowest BCUT2D eigenvalue weighted by molar-refractivity contribution is 0.410. The molecule has 4 nitrogen and oxygen atoms in total. The minimum absolute atomic E-state index is 0.579. The zero-order valence-electron chi connectivity index (χ0n) is 11.9. The first-order valence-corrected chi connectivity index (χ1v) is 6.68. The number of ether oxygens (including phenoxy) is 1. The molecule has 106 valence electrons. The first-order valence-electron chi connectivity index (χ1n) is 6.30. The van der Waals surface area contributed by atoms with Crippen LogP contribution in [0.1, 0.15) is 5.56 Å². The Hall–Kier alpha value is -1.94. The first kappa shape index (κ1) is 14.5. The molecule has 1 aromatic carbocycles. The fourth-order valence-corrected chi connectivity index (χ4v) is 2.23. The Morgan fingerprint density at radius 1 is 1.30 bits per heavy atom. The van der Waals surface area contributed by atoms with Crippen molar-refractivity contribution in [3.8, 4) is 5.75 Å². The van der Waals surface area contributed by atoms with Gasteiger partial charge in [-0.3, -0.25) is 4.98 Å². The molecule has 20 heavy (non-hydrogen) atoms. The van der Waals surface area contributed by atoms with E-state index in [0.717, 1.165) is 22.7 Å². The molecule has 0 aliphatic carbocycles. The van der Waals surface area contributed by atoms with Crippen LogP contribution in [0.25, 0.3) is 0 Å². The van der Waals surface area contributed by atoms with Crippen LogP contribution in [0.5, 0.6) is 5.75 Å². The van der Waals surface area contributed by atoms with Crippen molar-refractivity contribution < 1.29 is 4.74 Å². The van der Waals surface area contributed by atoms with E-state index in [2.05, 4.69) is 10.3 Å². The summed E-state index contributed by atoms with van der Waals surface area (Å²) in [6.07, 6.45) is 3.58. The van der Waals surface area contributed by atoms with Crippen molar-refractivity contribution >= 4 is 23.0 Å². The third-order valence-corrected chi connectivity index (χ3v) is 3.39. The average molecular weight is 292 g/mol. The number of aromatic nitrogens is 1. The molecule has 2 aromatic rings. The van der Waals surface area contributed by atoms with Gasteiger partial charge in [-0.2, -0.15) is 0 Å². The van der Waals surface area contributed by atoms with Gasteiger partial charge < -0.3 is 15.0 Å². The largest absolute Gasteiger partial charge is 0.496 e. The maximum atomic E-state index is 6.23. The normalized spacial score (nSPS) is 10.2. The van der Waals surface area contributed by atoms with E-state index in [-0.39, 0.29) is 0 Å². The van der Waals surface area contributed by atoms with E-state index in [1.807, 2.05) is 43.3 Å². The van der Waals surface area contributed by atoms with Gasteiger partial charge in [-0.15, -0.1) is 0 Å². The summed E-state index contributed by atoms with van der Waals surface area (Å²) in [7, 11) is 5.64. The van der Waals surface area contributed by atoms with Crippen LogP contribution in [0, 0.1) is 0 Å². The van der Waals surface area contributed by atoms with E-state index in [9.17, 15) is 0 Å². The third kappa shape index (κ3) is 3.14. The summed E-state index contributed by atoms with van der Waals surface area (Å²) in [4.78, 5) is 6.19. The van der Waals surface area contributed by atoms with Crippen molar-refractivity contribution in [2.24, 2.45) is 0 Å². The Morgan fingerprint density at radius 2 is 2.10 bits per heavy atom. The van der Waals surface area contributed by atoms with Crippen LogP contribution in [-0.4, -0.2) is 26.2 Å². The van der Waals surface area contributed by atoms with Crippen LogP contribution in [0.3, 0.4) is 0 Å². The predicted octanol–water partition coefficient (Wildman–Crippen LogP) is 3.42. The van der Waals surface area contributed by atoms with Crippen molar-refractivity contribution in [1.82, 2.24) is 4.98 Å². The van der Waals surface area contributed by atoms with Crippen LogP contribution in [0.2, 0.25) is 5.02 Å². The highest BCUT2D eigenvalue weighted by atomic mass is 35.5. The van der Waals surface area contributed by atoms with Crippen LogP contribution >= 0.6 is 11.6 Å². The number of nitrogens with one attached hydrogen (secondary N) is 1. The number of benzene rings is 1. The van der Waals surface area contributed by atoms with Gasteiger partial charge in [-0.05, 0) is 18.2 Å². The molecule has 5 heteroatoms. The molecule has 0 atom stereocenters. The molecule has 0 radical (unpaired) electrons. The fourth-order valence-electron chi connectivity index (χ4n) is 2.00. The highest BCUT2D eigenvalue weighted by molar-refractivity contribution is 6.31. The number of nitrogens with zero attached hydrogens (tertiary/aromatic N) is 2. The van der Waals surface area contributed by atoms with E-state index in [0.29, 0.717) is 11.6 Å². The molecule has 0 bridgehead atoms. The quantitative estimate of drug-likeness (QED) is 0.916. The molecule has 0 spiro atoms. The summed E-state index contributed by atoms with van der Waals surface area (Å²) >= 11 is 6.23. The molecule has 0 aliphatic rings. The molecule has 1 N–H and O–H groups in total. The second kappa shape index (κ2) is 6.48. The van der Waals surface area contributed by atoms with E-state index in [1.165, 1.54) is 0 Å². The van der Waals surface area contributed by atoms with Crippen molar-refractivity contribution in [2.45, 2.75) is 6.54 Å². The second-order valence-electron chi connectivity index (χ2n) is 4.56. The molecule has 0 saturated heterocycles. The molecular formula is C15H18ClN3O. The molecule has 2 rings (SSSR count). The lowest BCUT2D eigenvalue weighted by atomic mass is 10.2. The number of methoxy groups -OCH3 is 1. The van der Waals surface area contributed by atoms with Gasteiger partial charge in [0.2, 0.25) is 0 Å². The lowest BCUT2D eigenvalue weighted by Crippen LogP contribution is -2.12. The van der Waals surface area contributed by atoms with E-state index < -0.39 is 0 Å². The van der Waals surface area contributed by atoms with Crippen LogP contribution < -0.4 is 15.0 Å². The number of anilines is 2. The molecule has 0 fully saturated rings. The lowest BCUT2D eigenvalue weighted by Gasteiger charge is -2.18. The molecule has 0 unspecified atom stereocenters. The Bertz CT molecular complexity index is 587. The Labute approximate surface area is 124 Å². The SMILES string of the molecule is COc1cccc(Cl)c1CNc1cnccc1N(C)C. The molecule has 1 heterocycles. The number of hydrogen-bond acceptors (Lipinski definition) is 4. The van der Waals surface area contributed by atoms with Crippen molar-refractivity contribution in [2.75, 3.05) is 31.4 Å². The fraction of sp³-hybridized carbons (Fsp3) is 0.267. The minimum atomic E-state index is 0.579. The topological polar surface area (TPSA) is 37.4 Å². The minimum Gasteiger partial charge on any atom is -0.496 e.